The zero-order valence-corrected chi connectivity index (χ0v) is 5.47. The number of hydrogen-bond donors (Lipinski definition) is 1. The molecule has 0 aromatic rings. The molecule has 1 aliphatic rings. The van der Waals surface area contributed by atoms with E-state index in [1.54, 1.807) is 0 Å². The molecule has 1 N–H and O–H groups in total. The van der Waals surface area contributed by atoms with Gasteiger partial charge >= 0.3 is 0 Å². The predicted molar refractivity (Wildman–Crippen MR) is 34.1 cm³/mol. The number of aliphatic hydroxyl groups excluding tert-OH is 1. The van der Waals surface area contributed by atoms with Gasteiger partial charge in [-0.25, -0.2) is 0 Å². The lowest BCUT2D eigenvalue weighted by Crippen LogP contribution is -2.12. The largest absolute Gasteiger partial charge is 0.368 e. The van der Waals surface area contributed by atoms with Crippen LogP contribution in [-0.4, -0.2) is 24.0 Å². The fourth-order valence-corrected chi connectivity index (χ4v) is 0.949. The molecule has 0 spiro atoms. The van der Waals surface area contributed by atoms with Crippen molar-refractivity contribution in [2.75, 3.05) is 6.54 Å². The normalized spacial score (nSPS) is 31.7. The summed E-state index contributed by atoms with van der Waals surface area (Å²) in [5, 5.41) is 12.2. The summed E-state index contributed by atoms with van der Waals surface area (Å²) in [7, 11) is 0. The minimum atomic E-state index is -0.654. The topological polar surface area (TPSA) is 78.2 Å². The van der Waals surface area contributed by atoms with Crippen LogP contribution in [0.25, 0.3) is 10.4 Å². The first kappa shape index (κ1) is 7.34. The summed E-state index contributed by atoms with van der Waals surface area (Å²) in [6.07, 6.45) is 0.691. The van der Waals surface area contributed by atoms with E-state index in [-0.39, 0.29) is 6.10 Å². The fraction of sp³-hybridized carbons (Fsp3) is 1.00. The molecule has 0 aliphatic carbocycles. The highest BCUT2D eigenvalue weighted by Crippen LogP contribution is 2.17. The van der Waals surface area contributed by atoms with E-state index in [2.05, 4.69) is 10.0 Å². The fourth-order valence-electron chi connectivity index (χ4n) is 0.949. The van der Waals surface area contributed by atoms with Crippen LogP contribution >= 0.6 is 0 Å². The second-order valence-corrected chi connectivity index (χ2v) is 2.20. The van der Waals surface area contributed by atoms with Crippen LogP contribution in [0.4, 0.5) is 0 Å². The van der Waals surface area contributed by atoms with Gasteiger partial charge in [-0.2, -0.15) is 0 Å². The molecule has 0 aromatic carbocycles. The quantitative estimate of drug-likeness (QED) is 0.352. The van der Waals surface area contributed by atoms with E-state index in [1.165, 1.54) is 0 Å². The number of aliphatic hydroxyl groups is 1. The van der Waals surface area contributed by atoms with Crippen LogP contribution in [0, 0.1) is 0 Å². The highest BCUT2D eigenvalue weighted by molar-refractivity contribution is 4.69. The molecule has 1 rings (SSSR count). The van der Waals surface area contributed by atoms with Crippen molar-refractivity contribution in [3.8, 4) is 0 Å². The third-order valence-corrected chi connectivity index (χ3v) is 1.43. The summed E-state index contributed by atoms with van der Waals surface area (Å²) in [6.45, 7) is 0.327. The lowest BCUT2D eigenvalue weighted by molar-refractivity contribution is -0.0871. The van der Waals surface area contributed by atoms with Gasteiger partial charge in [0.25, 0.3) is 0 Å². The molecule has 0 bridgehead atoms. The minimum Gasteiger partial charge on any atom is -0.368 e. The van der Waals surface area contributed by atoms with Gasteiger partial charge in [0.2, 0.25) is 0 Å². The van der Waals surface area contributed by atoms with E-state index in [0.29, 0.717) is 13.0 Å². The molecule has 0 unspecified atom stereocenters. The van der Waals surface area contributed by atoms with E-state index in [1.807, 2.05) is 0 Å². The van der Waals surface area contributed by atoms with Gasteiger partial charge in [0.05, 0.1) is 12.6 Å². The maximum absolute atomic E-state index is 8.84. The Morgan fingerprint density at radius 2 is 2.50 bits per heavy atom. The van der Waals surface area contributed by atoms with E-state index < -0.39 is 6.29 Å². The summed E-state index contributed by atoms with van der Waals surface area (Å²) in [5.74, 6) is 0. The Balaban J connectivity index is 2.24. The van der Waals surface area contributed by atoms with Crippen LogP contribution in [0.15, 0.2) is 5.11 Å². The highest BCUT2D eigenvalue weighted by atomic mass is 16.6. The summed E-state index contributed by atoms with van der Waals surface area (Å²) >= 11 is 0. The molecule has 1 fully saturated rings. The Bertz CT molecular complexity index is 155. The lowest BCUT2D eigenvalue weighted by Gasteiger charge is -2.04. The summed E-state index contributed by atoms with van der Waals surface area (Å²) < 4.78 is 4.95. The number of hydrogen-bond acceptors (Lipinski definition) is 3. The van der Waals surface area contributed by atoms with Crippen LogP contribution in [0.2, 0.25) is 0 Å². The Morgan fingerprint density at radius 3 is 3.00 bits per heavy atom. The Kier molecular flexibility index (Phi) is 2.50. The van der Waals surface area contributed by atoms with E-state index in [0.717, 1.165) is 6.42 Å². The SMILES string of the molecule is [N-]=[N+]=NC[C@@H]1CC[C@H](O)O1. The van der Waals surface area contributed by atoms with Crippen molar-refractivity contribution >= 4 is 0 Å². The predicted octanol–water partition coefficient (Wildman–Crippen LogP) is 0.794. The van der Waals surface area contributed by atoms with Gasteiger partial charge in [-0.05, 0) is 12.0 Å². The Hall–Kier alpha value is -0.770. The smallest absolute Gasteiger partial charge is 0.154 e. The standard InChI is InChI=1S/C5H9N3O2/c6-8-7-3-4-1-2-5(9)10-4/h4-5,9H,1-3H2/t4-,5+/m0/s1. The lowest BCUT2D eigenvalue weighted by atomic mass is 10.2. The van der Waals surface area contributed by atoms with Crippen molar-refractivity contribution in [2.24, 2.45) is 5.11 Å². The van der Waals surface area contributed by atoms with Gasteiger partial charge in [0, 0.05) is 11.3 Å². The van der Waals surface area contributed by atoms with Crippen molar-refractivity contribution in [3.63, 3.8) is 0 Å². The van der Waals surface area contributed by atoms with E-state index in [4.69, 9.17) is 15.4 Å². The monoisotopic (exact) mass is 143 g/mol. The number of ether oxygens (including phenoxy) is 1. The maximum Gasteiger partial charge on any atom is 0.154 e. The molecule has 0 radical (unpaired) electrons. The van der Waals surface area contributed by atoms with Crippen LogP contribution < -0.4 is 0 Å². The first-order chi connectivity index (χ1) is 4.83. The molecule has 56 valence electrons. The second-order valence-electron chi connectivity index (χ2n) is 2.20. The summed E-state index contributed by atoms with van der Waals surface area (Å²) in [6, 6.07) is 0. The Morgan fingerprint density at radius 1 is 1.70 bits per heavy atom. The van der Waals surface area contributed by atoms with Gasteiger partial charge in [0.1, 0.15) is 0 Å². The first-order valence-electron chi connectivity index (χ1n) is 3.17. The summed E-state index contributed by atoms with van der Waals surface area (Å²) in [4.78, 5) is 2.59. The van der Waals surface area contributed by atoms with Gasteiger partial charge in [0.15, 0.2) is 6.29 Å². The zero-order chi connectivity index (χ0) is 7.40. The summed E-state index contributed by atoms with van der Waals surface area (Å²) in [5.41, 5.74) is 7.93. The molecular weight excluding hydrogens is 134 g/mol. The van der Waals surface area contributed by atoms with Gasteiger partial charge < -0.3 is 9.84 Å². The molecule has 0 saturated carbocycles. The third kappa shape index (κ3) is 1.88. The van der Waals surface area contributed by atoms with Gasteiger partial charge in [-0.15, -0.1) is 0 Å². The van der Waals surface area contributed by atoms with Gasteiger partial charge in [-0.1, -0.05) is 5.11 Å². The average molecular weight is 143 g/mol. The van der Waals surface area contributed by atoms with Crippen molar-refractivity contribution in [3.05, 3.63) is 10.4 Å². The van der Waals surface area contributed by atoms with Crippen LogP contribution in [-0.2, 0) is 4.74 Å². The minimum absolute atomic E-state index is 0.0779. The number of nitrogens with zero attached hydrogens (tertiary/aromatic N) is 3. The maximum atomic E-state index is 8.84. The molecule has 1 heterocycles. The van der Waals surface area contributed by atoms with Crippen molar-refractivity contribution in [2.45, 2.75) is 25.2 Å². The molecule has 0 aromatic heterocycles. The molecule has 5 heteroatoms. The van der Waals surface area contributed by atoms with E-state index in [9.17, 15) is 0 Å². The molecule has 1 aliphatic heterocycles. The zero-order valence-electron chi connectivity index (χ0n) is 5.47. The molecule has 0 amide bonds. The van der Waals surface area contributed by atoms with E-state index >= 15 is 0 Å². The van der Waals surface area contributed by atoms with Crippen molar-refractivity contribution in [1.82, 2.24) is 0 Å². The van der Waals surface area contributed by atoms with Crippen LogP contribution in [0.3, 0.4) is 0 Å². The van der Waals surface area contributed by atoms with Crippen molar-refractivity contribution in [1.29, 1.82) is 0 Å². The highest BCUT2D eigenvalue weighted by Gasteiger charge is 2.21. The number of azide groups is 1. The number of rotatable bonds is 2. The Labute approximate surface area is 58.2 Å². The molecule has 10 heavy (non-hydrogen) atoms. The van der Waals surface area contributed by atoms with Gasteiger partial charge in [-0.3, -0.25) is 0 Å². The first-order valence-corrected chi connectivity index (χ1v) is 3.17. The molecular formula is C5H9N3O2. The molecule has 5 nitrogen and oxygen atoms in total. The second kappa shape index (κ2) is 3.41. The van der Waals surface area contributed by atoms with Crippen molar-refractivity contribution < 1.29 is 9.84 Å². The third-order valence-electron chi connectivity index (χ3n) is 1.43. The van der Waals surface area contributed by atoms with Crippen LogP contribution in [0.1, 0.15) is 12.8 Å². The molecule has 2 atom stereocenters. The van der Waals surface area contributed by atoms with Crippen LogP contribution in [0.5, 0.6) is 0 Å². The molecule has 1 saturated heterocycles. The average Bonchev–Trinajstić information content (AvgIpc) is 2.31.